The second kappa shape index (κ2) is 17.3. The molecule has 2 radical (unpaired) electrons. The number of hydrogen-bond acceptors (Lipinski definition) is 1. The van der Waals surface area contributed by atoms with Gasteiger partial charge in [-0.05, 0) is 33.7 Å². The van der Waals surface area contributed by atoms with Crippen LogP contribution in [0.25, 0.3) is 22.9 Å². The van der Waals surface area contributed by atoms with E-state index in [-0.39, 0.29) is 30.2 Å². The topological polar surface area (TPSA) is 20.2 Å². The zero-order valence-corrected chi connectivity index (χ0v) is 28.9. The van der Waals surface area contributed by atoms with Gasteiger partial charge in [0.25, 0.3) is 0 Å². The Morgan fingerprint density at radius 1 is 0.800 bits per heavy atom. The second-order valence-corrected chi connectivity index (χ2v) is 10.5. The molecule has 0 saturated carbocycles. The molecule has 5 heteroatoms. The van der Waals surface area contributed by atoms with E-state index in [2.05, 4.69) is 91.7 Å². The molecule has 0 spiro atoms. The molecular formula is C35H43Cl2OSiTi-3. The molecule has 0 saturated heterocycles. The van der Waals surface area contributed by atoms with Crippen molar-refractivity contribution in [1.29, 1.82) is 0 Å². The number of hydrogen-bond donors (Lipinski definition) is 1. The maximum atomic E-state index is 9.13. The molecule has 0 aliphatic heterocycles. The van der Waals surface area contributed by atoms with Crippen LogP contribution in [0.1, 0.15) is 59.1 Å². The average Bonchev–Trinajstić information content (AvgIpc) is 3.31. The quantitative estimate of drug-likeness (QED) is 0.154. The molecular weight excluding hydrogens is 583 g/mol. The first-order valence-corrected chi connectivity index (χ1v) is 16.1. The van der Waals surface area contributed by atoms with Crippen LogP contribution in [0.15, 0.2) is 72.8 Å². The number of phenolic OH excluding ortho intramolecular Hbond substituents is 1. The summed E-state index contributed by atoms with van der Waals surface area (Å²) in [6, 6.07) is 24.6. The van der Waals surface area contributed by atoms with Crippen LogP contribution in [0.2, 0.25) is 0 Å². The molecule has 2 aliphatic carbocycles. The Morgan fingerprint density at radius 2 is 1.38 bits per heavy atom. The van der Waals surface area contributed by atoms with Crippen molar-refractivity contribution in [1.82, 2.24) is 0 Å². The third-order valence-corrected chi connectivity index (χ3v) is 6.93. The van der Waals surface area contributed by atoms with Crippen molar-refractivity contribution in [3.05, 3.63) is 119 Å². The van der Waals surface area contributed by atoms with E-state index in [1.54, 1.807) is 56.3 Å². The van der Waals surface area contributed by atoms with Gasteiger partial charge in [-0.3, -0.25) is 0 Å². The van der Waals surface area contributed by atoms with E-state index in [1.807, 2.05) is 30.3 Å². The zero-order valence-electron chi connectivity index (χ0n) is 24.7. The molecule has 0 bridgehead atoms. The van der Waals surface area contributed by atoms with Gasteiger partial charge in [-0.1, -0.05) is 112 Å². The van der Waals surface area contributed by atoms with E-state index >= 15 is 0 Å². The standard InChI is InChI=1S/C21H23.C10H8O.2C2H5.2ClH.Si.Ti/c1-20(2)10-9-17-15(12-20)11-18-16-8-6-5-7-14(16)13-21(3,4)19(17)18;11-10-6-5-8-3-1-2-4-9(8)7-10;2*1-2;;;;/h5-8,11-13H,9-10H2,1-4H3;1-7,11H;2*1H2,2H3;2*1H;;/q-1;;2*-1;;;;. The van der Waals surface area contributed by atoms with Gasteiger partial charge in [0.15, 0.2) is 0 Å². The van der Waals surface area contributed by atoms with Crippen LogP contribution < -0.4 is 10.4 Å². The van der Waals surface area contributed by atoms with Crippen LogP contribution >= 0.6 is 24.8 Å². The third-order valence-electron chi connectivity index (χ3n) is 6.93. The van der Waals surface area contributed by atoms with Crippen molar-refractivity contribution in [2.24, 2.45) is 5.41 Å². The molecule has 214 valence electrons. The van der Waals surface area contributed by atoms with Crippen LogP contribution in [0.4, 0.5) is 0 Å². The van der Waals surface area contributed by atoms with Crippen molar-refractivity contribution in [2.45, 2.75) is 59.8 Å². The Balaban J connectivity index is 0.000000685. The zero-order chi connectivity index (χ0) is 28.5. The van der Waals surface area contributed by atoms with Gasteiger partial charge >= 0.3 is 26.8 Å². The van der Waals surface area contributed by atoms with Gasteiger partial charge in [0.2, 0.25) is 0 Å². The van der Waals surface area contributed by atoms with Gasteiger partial charge in [0, 0.05) is 0 Å². The van der Waals surface area contributed by atoms with Crippen LogP contribution in [0.3, 0.4) is 0 Å². The van der Waals surface area contributed by atoms with Gasteiger partial charge < -0.3 is 19.0 Å². The minimum absolute atomic E-state index is 0. The van der Waals surface area contributed by atoms with Crippen molar-refractivity contribution in [3.8, 4) is 5.75 Å². The fourth-order valence-electron chi connectivity index (χ4n) is 5.41. The second-order valence-electron chi connectivity index (χ2n) is 10.5. The number of halogens is 2. The summed E-state index contributed by atoms with van der Waals surface area (Å²) in [7, 11) is 2.97. The van der Waals surface area contributed by atoms with E-state index in [4.69, 9.17) is 5.11 Å². The molecule has 0 atom stereocenters. The Bertz CT molecular complexity index is 1570. The van der Waals surface area contributed by atoms with Crippen LogP contribution in [0.5, 0.6) is 5.75 Å². The molecule has 0 amide bonds. The van der Waals surface area contributed by atoms with Crippen LogP contribution in [-0.2, 0) is 31.0 Å². The maximum absolute atomic E-state index is 9.13. The van der Waals surface area contributed by atoms with Gasteiger partial charge in [-0.2, -0.15) is 13.8 Å². The molecule has 0 aromatic heterocycles. The summed E-state index contributed by atoms with van der Waals surface area (Å²) in [6.07, 6.45) is 7.41. The van der Waals surface area contributed by atoms with E-state index in [9.17, 15) is 0 Å². The molecule has 1 nitrogen and oxygen atoms in total. The van der Waals surface area contributed by atoms with Crippen molar-refractivity contribution < 1.29 is 24.3 Å². The fraction of sp³-hybridized carbons (Fsp3) is 0.286. The summed E-state index contributed by atoms with van der Waals surface area (Å²) in [5.74, 6) is 0.323. The summed E-state index contributed by atoms with van der Waals surface area (Å²) in [4.78, 5) is 0. The SMILES string of the molecule is CC1(C)C=c2[cH-]c3c(c2CC1)C(C)(C)C=c1ccccc1=3.Cl.Cl.Oc1ccc2ccccc2c1.[CH2-]C.[CH2-]C.[Si]=[Ti]. The Hall–Kier alpha value is -1.68. The fourth-order valence-corrected chi connectivity index (χ4v) is 5.41. The van der Waals surface area contributed by atoms with Gasteiger partial charge in [-0.15, -0.1) is 58.5 Å². The van der Waals surface area contributed by atoms with Gasteiger partial charge in [-0.25, -0.2) is 0 Å². The molecule has 4 aromatic rings. The van der Waals surface area contributed by atoms with Gasteiger partial charge in [0.05, 0.1) is 0 Å². The molecule has 6 rings (SSSR count). The average molecular weight is 627 g/mol. The molecule has 1 N–H and O–H groups in total. The first kappa shape index (κ1) is 38.3. The third kappa shape index (κ3) is 8.91. The molecule has 0 heterocycles. The van der Waals surface area contributed by atoms with Gasteiger partial charge in [0.1, 0.15) is 5.75 Å². The summed E-state index contributed by atoms with van der Waals surface area (Å²) in [6.45, 7) is 19.4. The molecule has 0 fully saturated rings. The van der Waals surface area contributed by atoms with E-state index in [0.29, 0.717) is 11.2 Å². The molecule has 40 heavy (non-hydrogen) atoms. The predicted octanol–water partition coefficient (Wildman–Crippen LogP) is 8.20. The van der Waals surface area contributed by atoms with E-state index < -0.39 is 0 Å². The number of rotatable bonds is 0. The first-order valence-electron chi connectivity index (χ1n) is 13.2. The Labute approximate surface area is 267 Å². The summed E-state index contributed by atoms with van der Waals surface area (Å²) < 4.78 is 0. The number of phenols is 1. The summed E-state index contributed by atoms with van der Waals surface area (Å²) >= 11 is 1.81. The number of aromatic hydroxyl groups is 1. The van der Waals surface area contributed by atoms with Crippen molar-refractivity contribution in [3.63, 3.8) is 0 Å². The first-order chi connectivity index (χ1) is 18.2. The number of benzene rings is 3. The molecule has 4 aromatic carbocycles. The van der Waals surface area contributed by atoms with Crippen LogP contribution in [-0.4, -0.2) is 12.7 Å². The molecule has 0 unspecified atom stereocenters. The predicted molar refractivity (Wildman–Crippen MR) is 177 cm³/mol. The Morgan fingerprint density at radius 3 is 2.02 bits per heavy atom. The van der Waals surface area contributed by atoms with Crippen molar-refractivity contribution >= 4 is 55.4 Å². The van der Waals surface area contributed by atoms with Crippen molar-refractivity contribution in [2.75, 3.05) is 0 Å². The summed E-state index contributed by atoms with van der Waals surface area (Å²) in [5.41, 5.74) is 3.63. The van der Waals surface area contributed by atoms with E-state index in [1.165, 1.54) is 33.7 Å². The van der Waals surface area contributed by atoms with E-state index in [0.717, 1.165) is 10.8 Å². The number of fused-ring (bicyclic) bond motifs is 5. The summed E-state index contributed by atoms with van der Waals surface area (Å²) in [5, 5.41) is 17.1. The molecule has 2 aliphatic rings. The monoisotopic (exact) mass is 625 g/mol. The normalized spacial score (nSPS) is 14.0. The Kier molecular flexibility index (Phi) is 16.6. The minimum atomic E-state index is 0. The van der Waals surface area contributed by atoms with Crippen LogP contribution in [0, 0.1) is 29.7 Å².